The topological polar surface area (TPSA) is 66.5 Å². The fourth-order valence-electron chi connectivity index (χ4n) is 7.27. The highest BCUT2D eigenvalue weighted by Crippen LogP contribution is 2.60. The van der Waals surface area contributed by atoms with Gasteiger partial charge in [0.1, 0.15) is 6.04 Å². The van der Waals surface area contributed by atoms with E-state index in [1.54, 1.807) is 24.3 Å². The summed E-state index contributed by atoms with van der Waals surface area (Å²) in [5.74, 6) is 2.29. The first-order valence-electron chi connectivity index (χ1n) is 12.3. The van der Waals surface area contributed by atoms with Crippen molar-refractivity contribution in [2.75, 3.05) is 15.9 Å². The zero-order chi connectivity index (χ0) is 24.1. The number of hydrogen-bond donors (Lipinski definition) is 1. The summed E-state index contributed by atoms with van der Waals surface area (Å²) in [4.78, 5) is 13.2. The van der Waals surface area contributed by atoms with Crippen LogP contribution < -0.4 is 9.62 Å². The molecule has 182 valence electrons. The number of benzene rings is 2. The second-order valence-corrected chi connectivity index (χ2v) is 13.0. The normalized spacial score (nSPS) is 28.5. The van der Waals surface area contributed by atoms with Crippen LogP contribution >= 0.6 is 11.6 Å². The molecule has 4 saturated carbocycles. The number of anilines is 2. The lowest BCUT2D eigenvalue weighted by atomic mass is 9.48. The third-order valence-electron chi connectivity index (χ3n) is 8.20. The number of nitrogens with one attached hydrogen (secondary N) is 1. The van der Waals surface area contributed by atoms with E-state index in [0.717, 1.165) is 28.3 Å². The molecule has 4 aliphatic rings. The van der Waals surface area contributed by atoms with E-state index in [1.165, 1.54) is 44.1 Å². The van der Waals surface area contributed by atoms with Gasteiger partial charge in [0.15, 0.2) is 0 Å². The molecule has 6 rings (SSSR count). The van der Waals surface area contributed by atoms with Crippen LogP contribution in [0.5, 0.6) is 0 Å². The van der Waals surface area contributed by atoms with Gasteiger partial charge in [-0.2, -0.15) is 0 Å². The van der Waals surface area contributed by atoms with Gasteiger partial charge < -0.3 is 5.32 Å². The fourth-order valence-corrected chi connectivity index (χ4v) is 8.66. The van der Waals surface area contributed by atoms with E-state index < -0.39 is 16.1 Å². The van der Waals surface area contributed by atoms with Gasteiger partial charge in [0.2, 0.25) is 15.9 Å². The van der Waals surface area contributed by atoms with E-state index in [4.69, 9.17) is 11.6 Å². The minimum Gasteiger partial charge on any atom is -0.324 e. The predicted octanol–water partition coefficient (Wildman–Crippen LogP) is 5.99. The van der Waals surface area contributed by atoms with Gasteiger partial charge in [0.05, 0.1) is 11.9 Å². The predicted molar refractivity (Wildman–Crippen MR) is 138 cm³/mol. The number of halogens is 1. The molecule has 0 aliphatic heterocycles. The summed E-state index contributed by atoms with van der Waals surface area (Å²) in [5.41, 5.74) is 2.78. The Morgan fingerprint density at radius 3 is 2.15 bits per heavy atom. The van der Waals surface area contributed by atoms with Crippen LogP contribution in [0.25, 0.3) is 0 Å². The molecule has 0 saturated heterocycles. The van der Waals surface area contributed by atoms with Crippen LogP contribution in [0.4, 0.5) is 11.4 Å². The Labute approximate surface area is 207 Å². The molecule has 1 amide bonds. The van der Waals surface area contributed by atoms with E-state index in [2.05, 4.69) is 17.4 Å². The Bertz CT molecular complexity index is 1140. The van der Waals surface area contributed by atoms with E-state index in [9.17, 15) is 13.2 Å². The molecule has 1 N–H and O–H groups in total. The Balaban J connectivity index is 1.35. The van der Waals surface area contributed by atoms with E-state index >= 15 is 0 Å². The highest BCUT2D eigenvalue weighted by molar-refractivity contribution is 7.92. The van der Waals surface area contributed by atoms with Gasteiger partial charge in [-0.15, -0.1) is 0 Å². The third-order valence-corrected chi connectivity index (χ3v) is 9.61. The number of nitrogens with zero attached hydrogens (tertiary/aromatic N) is 1. The number of hydrogen-bond acceptors (Lipinski definition) is 3. The van der Waals surface area contributed by atoms with Crippen molar-refractivity contribution in [3.8, 4) is 0 Å². The number of carbonyl (C=O) groups excluding carboxylic acids is 1. The molecule has 0 heterocycles. The highest BCUT2D eigenvalue weighted by Gasteiger charge is 2.51. The van der Waals surface area contributed by atoms with Crippen molar-refractivity contribution in [3.63, 3.8) is 0 Å². The van der Waals surface area contributed by atoms with Gasteiger partial charge in [-0.3, -0.25) is 9.10 Å². The summed E-state index contributed by atoms with van der Waals surface area (Å²) in [6.07, 6.45) is 9.57. The highest BCUT2D eigenvalue weighted by atomic mass is 35.5. The van der Waals surface area contributed by atoms with Crippen LogP contribution in [-0.2, 0) is 20.2 Å². The number of rotatable bonds is 7. The molecule has 4 aliphatic carbocycles. The van der Waals surface area contributed by atoms with E-state index in [-0.39, 0.29) is 5.91 Å². The van der Waals surface area contributed by atoms with Crippen molar-refractivity contribution in [2.45, 2.75) is 63.3 Å². The molecule has 2 aromatic rings. The average molecular weight is 501 g/mol. The fraction of sp³-hybridized carbons (Fsp3) is 0.519. The molecule has 4 fully saturated rings. The lowest BCUT2D eigenvalue weighted by molar-refractivity contribution is -0.117. The zero-order valence-corrected chi connectivity index (χ0v) is 21.4. The van der Waals surface area contributed by atoms with Crippen molar-refractivity contribution in [2.24, 2.45) is 17.8 Å². The summed E-state index contributed by atoms with van der Waals surface area (Å²) >= 11 is 6.10. The summed E-state index contributed by atoms with van der Waals surface area (Å²) in [5, 5.41) is 3.37. The molecule has 0 spiro atoms. The lowest BCUT2D eigenvalue weighted by Crippen LogP contribution is -2.48. The molecular weight excluding hydrogens is 468 g/mol. The maximum absolute atomic E-state index is 13.2. The second kappa shape index (κ2) is 8.87. The summed E-state index contributed by atoms with van der Waals surface area (Å²) in [7, 11) is -3.70. The van der Waals surface area contributed by atoms with Crippen molar-refractivity contribution in [3.05, 3.63) is 59.1 Å². The van der Waals surface area contributed by atoms with Crippen LogP contribution in [0, 0.1) is 17.8 Å². The van der Waals surface area contributed by atoms with Crippen molar-refractivity contribution in [1.29, 1.82) is 0 Å². The lowest BCUT2D eigenvalue weighted by Gasteiger charge is -2.57. The van der Waals surface area contributed by atoms with Gasteiger partial charge in [-0.1, -0.05) is 36.7 Å². The first-order valence-corrected chi connectivity index (χ1v) is 14.6. The Hall–Kier alpha value is -2.05. The Morgan fingerprint density at radius 1 is 1.06 bits per heavy atom. The number of carbonyl (C=O) groups is 1. The number of sulfonamides is 1. The number of amides is 1. The second-order valence-electron chi connectivity index (χ2n) is 10.7. The van der Waals surface area contributed by atoms with Gasteiger partial charge in [-0.05, 0) is 104 Å². The third kappa shape index (κ3) is 4.47. The van der Waals surface area contributed by atoms with E-state index in [1.807, 2.05) is 19.1 Å². The first kappa shape index (κ1) is 23.7. The van der Waals surface area contributed by atoms with Crippen LogP contribution in [0.2, 0.25) is 5.02 Å². The SMILES string of the molecule is CCC(C(=O)Nc1ccc(C23CC4CC(CC(C4)C2)C3)cc1)N(c1cccc(Cl)c1)S(C)(=O)=O. The van der Waals surface area contributed by atoms with Crippen LogP contribution in [0.15, 0.2) is 48.5 Å². The smallest absolute Gasteiger partial charge is 0.248 e. The molecule has 0 radical (unpaired) electrons. The van der Waals surface area contributed by atoms with Crippen molar-refractivity contribution in [1.82, 2.24) is 0 Å². The first-order chi connectivity index (χ1) is 16.2. The van der Waals surface area contributed by atoms with Gasteiger partial charge in [-0.25, -0.2) is 8.42 Å². The molecule has 1 atom stereocenters. The minimum absolute atomic E-state index is 0.308. The van der Waals surface area contributed by atoms with Crippen LogP contribution in [0.1, 0.15) is 57.4 Å². The zero-order valence-electron chi connectivity index (χ0n) is 19.8. The van der Waals surface area contributed by atoms with Gasteiger partial charge in [0.25, 0.3) is 0 Å². The maximum Gasteiger partial charge on any atom is 0.248 e. The summed E-state index contributed by atoms with van der Waals surface area (Å²) < 4.78 is 26.5. The Morgan fingerprint density at radius 2 is 1.65 bits per heavy atom. The van der Waals surface area contributed by atoms with Crippen molar-refractivity contribution >= 4 is 38.9 Å². The van der Waals surface area contributed by atoms with E-state index in [0.29, 0.717) is 28.2 Å². The molecule has 4 bridgehead atoms. The molecule has 0 aromatic heterocycles. The molecule has 7 heteroatoms. The largest absolute Gasteiger partial charge is 0.324 e. The average Bonchev–Trinajstić information content (AvgIpc) is 2.76. The maximum atomic E-state index is 13.2. The van der Waals surface area contributed by atoms with Gasteiger partial charge in [0, 0.05) is 10.7 Å². The Kier molecular flexibility index (Phi) is 6.18. The monoisotopic (exact) mass is 500 g/mol. The molecule has 1 unspecified atom stereocenters. The van der Waals surface area contributed by atoms with Crippen LogP contribution in [0.3, 0.4) is 0 Å². The van der Waals surface area contributed by atoms with Crippen LogP contribution in [-0.4, -0.2) is 26.6 Å². The standard InChI is InChI=1S/C27H33ClN2O3S/c1-3-25(30(34(2,32)33)24-6-4-5-22(28)14-24)26(31)29-23-9-7-21(8-10-23)27-15-18-11-19(16-27)13-20(12-18)17-27/h4-10,14,18-20,25H,3,11-13,15-17H2,1-2H3,(H,29,31). The quantitative estimate of drug-likeness (QED) is 0.507. The summed E-state index contributed by atoms with van der Waals surface area (Å²) in [6.45, 7) is 1.81. The van der Waals surface area contributed by atoms with Crippen molar-refractivity contribution < 1.29 is 13.2 Å². The minimum atomic E-state index is -3.70. The van der Waals surface area contributed by atoms with Gasteiger partial charge >= 0.3 is 0 Å². The molecule has 5 nitrogen and oxygen atoms in total. The molecule has 2 aromatic carbocycles. The summed E-state index contributed by atoms with van der Waals surface area (Å²) in [6, 6.07) is 14.0. The molecular formula is C27H33ClN2O3S. The molecule has 34 heavy (non-hydrogen) atoms.